The van der Waals surface area contributed by atoms with Crippen LogP contribution in [0.4, 0.5) is 17.8 Å². The van der Waals surface area contributed by atoms with Gasteiger partial charge >= 0.3 is 0 Å². The summed E-state index contributed by atoms with van der Waals surface area (Å²) >= 11 is 0. The fraction of sp³-hybridized carbons (Fsp3) is 0. The van der Waals surface area contributed by atoms with Crippen molar-refractivity contribution in [1.82, 2.24) is 15.0 Å². The van der Waals surface area contributed by atoms with Gasteiger partial charge in [0.15, 0.2) is 0 Å². The highest BCUT2D eigenvalue weighted by atomic mass is 15.2. The van der Waals surface area contributed by atoms with Crippen LogP contribution in [0.5, 0.6) is 0 Å². The number of anilines is 3. The molecular formula is C3H9BN6. The van der Waals surface area contributed by atoms with Gasteiger partial charge in [-0.25, -0.2) is 0 Å². The Morgan fingerprint density at radius 3 is 1.10 bits per heavy atom. The molecule has 1 rings (SSSR count). The molecule has 6 nitrogen and oxygen atoms in total. The first kappa shape index (κ1) is 8.47. The van der Waals surface area contributed by atoms with Crippen LogP contribution >= 0.6 is 0 Å². The van der Waals surface area contributed by atoms with Crippen LogP contribution in [-0.2, 0) is 0 Å². The minimum atomic E-state index is 0. The quantitative estimate of drug-likeness (QED) is 0.341. The average molecular weight is 140 g/mol. The lowest BCUT2D eigenvalue weighted by Crippen LogP contribution is -2.05. The van der Waals surface area contributed by atoms with Crippen molar-refractivity contribution in [3.8, 4) is 0 Å². The van der Waals surface area contributed by atoms with Crippen LogP contribution in [0.2, 0.25) is 0 Å². The van der Waals surface area contributed by atoms with Crippen LogP contribution in [0.3, 0.4) is 0 Å². The summed E-state index contributed by atoms with van der Waals surface area (Å²) in [6, 6.07) is 0. The standard InChI is InChI=1S/C3H6N6.BH3/c4-1-7-2(5)9-3(6)8-1;/h(H6,4,5,6,7,8,9);1H3. The Morgan fingerprint density at radius 2 is 0.900 bits per heavy atom. The Hall–Kier alpha value is -1.53. The van der Waals surface area contributed by atoms with Gasteiger partial charge < -0.3 is 17.2 Å². The fourth-order valence-corrected chi connectivity index (χ4v) is 0.427. The second-order valence-corrected chi connectivity index (χ2v) is 1.41. The second kappa shape index (κ2) is 2.86. The van der Waals surface area contributed by atoms with Crippen molar-refractivity contribution >= 4 is 26.3 Å². The first-order chi connectivity index (χ1) is 4.18. The van der Waals surface area contributed by atoms with Crippen molar-refractivity contribution in [1.29, 1.82) is 0 Å². The zero-order valence-corrected chi connectivity index (χ0v) is 4.57. The van der Waals surface area contributed by atoms with E-state index in [0.29, 0.717) is 0 Å². The summed E-state index contributed by atoms with van der Waals surface area (Å²) in [4.78, 5) is 10.5. The minimum Gasteiger partial charge on any atom is -0.368 e. The maximum Gasteiger partial charge on any atom is 0.226 e. The van der Waals surface area contributed by atoms with Crippen LogP contribution in [0, 0.1) is 0 Å². The van der Waals surface area contributed by atoms with Gasteiger partial charge in [0, 0.05) is 0 Å². The third-order valence-electron chi connectivity index (χ3n) is 0.687. The number of nitrogens with two attached hydrogens (primary N) is 3. The molecule has 10 heavy (non-hydrogen) atoms. The molecule has 0 aliphatic rings. The average Bonchev–Trinajstić information content (AvgIpc) is 1.59. The molecular weight excluding hydrogens is 131 g/mol. The lowest BCUT2D eigenvalue weighted by atomic mass is 10.8. The molecule has 0 aliphatic heterocycles. The molecule has 0 atom stereocenters. The molecule has 1 aromatic rings. The largest absolute Gasteiger partial charge is 0.368 e. The molecule has 0 bridgehead atoms. The Balaban J connectivity index is 0.000000810. The van der Waals surface area contributed by atoms with Crippen LogP contribution in [0.25, 0.3) is 0 Å². The van der Waals surface area contributed by atoms with Crippen molar-refractivity contribution in [2.75, 3.05) is 17.2 Å². The van der Waals surface area contributed by atoms with E-state index in [4.69, 9.17) is 17.2 Å². The van der Waals surface area contributed by atoms with Crippen LogP contribution in [0.15, 0.2) is 0 Å². The van der Waals surface area contributed by atoms with Crippen molar-refractivity contribution in [2.24, 2.45) is 0 Å². The van der Waals surface area contributed by atoms with E-state index in [1.807, 2.05) is 0 Å². The van der Waals surface area contributed by atoms with Crippen molar-refractivity contribution in [3.05, 3.63) is 0 Å². The molecule has 0 unspecified atom stereocenters. The van der Waals surface area contributed by atoms with Crippen molar-refractivity contribution in [2.45, 2.75) is 0 Å². The molecule has 54 valence electrons. The number of hydrogen-bond acceptors (Lipinski definition) is 6. The Bertz CT molecular complexity index is 174. The number of hydrogen-bond donors (Lipinski definition) is 3. The van der Waals surface area contributed by atoms with Crippen LogP contribution < -0.4 is 17.2 Å². The molecule has 0 radical (unpaired) electrons. The maximum atomic E-state index is 5.14. The van der Waals surface area contributed by atoms with E-state index >= 15 is 0 Å². The van der Waals surface area contributed by atoms with Gasteiger partial charge in [0.2, 0.25) is 17.8 Å². The molecule has 0 aliphatic carbocycles. The molecule has 0 amide bonds. The summed E-state index contributed by atoms with van der Waals surface area (Å²) in [5.41, 5.74) is 15.4. The molecule has 0 saturated carbocycles. The number of aromatic nitrogens is 3. The van der Waals surface area contributed by atoms with Gasteiger partial charge in [-0.05, 0) is 0 Å². The molecule has 0 saturated heterocycles. The second-order valence-electron chi connectivity index (χ2n) is 1.41. The summed E-state index contributed by atoms with van der Waals surface area (Å²) in [5, 5.41) is 0. The Labute approximate surface area is 59.4 Å². The third kappa shape index (κ3) is 1.77. The summed E-state index contributed by atoms with van der Waals surface area (Å²) in [5.74, 6) is 0.125. The van der Waals surface area contributed by atoms with E-state index in [0.717, 1.165) is 0 Å². The van der Waals surface area contributed by atoms with Gasteiger partial charge in [-0.1, -0.05) is 0 Å². The molecule has 6 N–H and O–H groups in total. The minimum absolute atomic E-state index is 0. The van der Waals surface area contributed by atoms with Crippen LogP contribution in [-0.4, -0.2) is 23.4 Å². The molecule has 1 heterocycles. The predicted octanol–water partition coefficient (Wildman–Crippen LogP) is -2.57. The zero-order chi connectivity index (χ0) is 6.85. The third-order valence-corrected chi connectivity index (χ3v) is 0.687. The van der Waals surface area contributed by atoms with Gasteiger partial charge in [-0.3, -0.25) is 0 Å². The molecule has 1 aromatic heterocycles. The summed E-state index contributed by atoms with van der Waals surface area (Å²) in [7, 11) is 0. The van der Waals surface area contributed by atoms with Crippen molar-refractivity contribution in [3.63, 3.8) is 0 Å². The van der Waals surface area contributed by atoms with Gasteiger partial charge in [0.1, 0.15) is 0 Å². The van der Waals surface area contributed by atoms with E-state index in [1.165, 1.54) is 0 Å². The fourth-order valence-electron chi connectivity index (χ4n) is 0.427. The summed E-state index contributed by atoms with van der Waals surface area (Å²) < 4.78 is 0. The van der Waals surface area contributed by atoms with E-state index in [-0.39, 0.29) is 26.3 Å². The van der Waals surface area contributed by atoms with E-state index in [1.54, 1.807) is 0 Å². The summed E-state index contributed by atoms with van der Waals surface area (Å²) in [6.07, 6.45) is 0. The zero-order valence-electron chi connectivity index (χ0n) is 4.57. The van der Waals surface area contributed by atoms with Crippen molar-refractivity contribution < 1.29 is 0 Å². The summed E-state index contributed by atoms with van der Waals surface area (Å²) in [6.45, 7) is 0. The Kier molecular flexibility index (Phi) is 2.42. The van der Waals surface area contributed by atoms with Gasteiger partial charge in [-0.2, -0.15) is 15.0 Å². The SMILES string of the molecule is B.Nc1nc(N)nc(N)n1. The van der Waals surface area contributed by atoms with E-state index in [9.17, 15) is 0 Å². The maximum absolute atomic E-state index is 5.14. The smallest absolute Gasteiger partial charge is 0.226 e. The van der Waals surface area contributed by atoms with Gasteiger partial charge in [0.25, 0.3) is 0 Å². The van der Waals surface area contributed by atoms with E-state index in [2.05, 4.69) is 15.0 Å². The Morgan fingerprint density at radius 1 is 0.700 bits per heavy atom. The highest BCUT2D eigenvalue weighted by Crippen LogP contribution is 1.97. The molecule has 0 spiro atoms. The number of nitrogen functional groups attached to an aromatic ring is 3. The predicted molar refractivity (Wildman–Crippen MR) is 43.0 cm³/mol. The first-order valence-electron chi connectivity index (χ1n) is 2.21. The van der Waals surface area contributed by atoms with Gasteiger partial charge in [0.05, 0.1) is 8.41 Å². The molecule has 0 fully saturated rings. The lowest BCUT2D eigenvalue weighted by molar-refractivity contribution is 1.09. The molecule has 7 heteroatoms. The van der Waals surface area contributed by atoms with Crippen LogP contribution in [0.1, 0.15) is 0 Å². The topological polar surface area (TPSA) is 117 Å². The lowest BCUT2D eigenvalue weighted by Gasteiger charge is -1.93. The first-order valence-corrected chi connectivity index (χ1v) is 2.21. The number of rotatable bonds is 0. The highest BCUT2D eigenvalue weighted by molar-refractivity contribution is 5.75. The normalized spacial score (nSPS) is 8.40. The molecule has 0 aromatic carbocycles. The highest BCUT2D eigenvalue weighted by Gasteiger charge is 1.93. The van der Waals surface area contributed by atoms with Gasteiger partial charge in [-0.15, -0.1) is 0 Å². The monoisotopic (exact) mass is 140 g/mol. The van der Waals surface area contributed by atoms with E-state index < -0.39 is 0 Å². The number of nitrogens with zero attached hydrogens (tertiary/aromatic N) is 3.